The third-order valence-electron chi connectivity index (χ3n) is 0.935. The van der Waals surface area contributed by atoms with Gasteiger partial charge in [0, 0.05) is 24.4 Å². The first-order valence-corrected chi connectivity index (χ1v) is 5.35. The highest BCUT2D eigenvalue weighted by atomic mass is 35.7. The summed E-state index contributed by atoms with van der Waals surface area (Å²) >= 11 is 0. The summed E-state index contributed by atoms with van der Waals surface area (Å²) < 4.78 is 25.6. The Kier molecular flexibility index (Phi) is 4.24. The summed E-state index contributed by atoms with van der Waals surface area (Å²) in [5.41, 5.74) is 0. The Bertz CT molecular complexity index is 175. The normalized spacial score (nSPS) is 15.1. The van der Waals surface area contributed by atoms with Crippen LogP contribution in [-0.4, -0.2) is 27.9 Å². The molecule has 0 spiro atoms. The van der Waals surface area contributed by atoms with Crippen LogP contribution in [0.3, 0.4) is 0 Å². The van der Waals surface area contributed by atoms with Gasteiger partial charge in [0.25, 0.3) is 0 Å². The van der Waals surface area contributed by atoms with Crippen LogP contribution in [0.2, 0.25) is 0 Å². The Hall–Kier alpha value is 0.200. The van der Waals surface area contributed by atoms with Crippen molar-refractivity contribution in [3.8, 4) is 0 Å². The maximum atomic E-state index is 10.4. The predicted molar refractivity (Wildman–Crippen MR) is 40.7 cm³/mol. The molecule has 0 aliphatic rings. The van der Waals surface area contributed by atoms with Crippen LogP contribution in [0.5, 0.6) is 0 Å². The highest BCUT2D eigenvalue weighted by molar-refractivity contribution is 8.13. The minimum atomic E-state index is -3.35. The lowest BCUT2D eigenvalue weighted by Gasteiger charge is -2.05. The Morgan fingerprint density at radius 2 is 2.10 bits per heavy atom. The molecule has 1 atom stereocenters. The lowest BCUT2D eigenvalue weighted by atomic mass is 10.2. The third-order valence-corrected chi connectivity index (χ3v) is 2.28. The zero-order chi connectivity index (χ0) is 8.20. The molecule has 1 unspecified atom stereocenters. The van der Waals surface area contributed by atoms with E-state index < -0.39 is 9.05 Å². The molecule has 3 nitrogen and oxygen atoms in total. The van der Waals surface area contributed by atoms with Crippen molar-refractivity contribution < 1.29 is 13.2 Å². The molecule has 0 saturated heterocycles. The predicted octanol–water partition coefficient (Wildman–Crippen LogP) is 0.838. The average molecular weight is 187 g/mol. The van der Waals surface area contributed by atoms with E-state index in [4.69, 9.17) is 15.4 Å². The Morgan fingerprint density at radius 3 is 2.40 bits per heavy atom. The smallest absolute Gasteiger partial charge is 0.232 e. The number of methoxy groups -OCH3 is 1. The van der Waals surface area contributed by atoms with Crippen LogP contribution in [0.15, 0.2) is 0 Å². The van der Waals surface area contributed by atoms with Gasteiger partial charge in [-0.25, -0.2) is 8.42 Å². The van der Waals surface area contributed by atoms with Gasteiger partial charge >= 0.3 is 0 Å². The molecule has 10 heavy (non-hydrogen) atoms. The largest absolute Gasteiger partial charge is 0.384 e. The summed E-state index contributed by atoms with van der Waals surface area (Å²) in [7, 11) is 3.15. The molecular formula is C5H11ClO3S. The van der Waals surface area contributed by atoms with Gasteiger partial charge in [0.15, 0.2) is 0 Å². The van der Waals surface area contributed by atoms with Gasteiger partial charge in [-0.15, -0.1) is 0 Å². The van der Waals surface area contributed by atoms with Crippen LogP contribution in [-0.2, 0) is 13.8 Å². The maximum Gasteiger partial charge on any atom is 0.232 e. The molecule has 5 heteroatoms. The maximum absolute atomic E-state index is 10.4. The number of ether oxygens (including phenoxy) is 1. The van der Waals surface area contributed by atoms with Crippen molar-refractivity contribution in [2.24, 2.45) is 5.92 Å². The van der Waals surface area contributed by atoms with Gasteiger partial charge < -0.3 is 4.74 Å². The fourth-order valence-corrected chi connectivity index (χ4v) is 2.09. The third kappa shape index (κ3) is 6.32. The Labute approximate surface area is 65.7 Å². The van der Waals surface area contributed by atoms with E-state index in [2.05, 4.69) is 0 Å². The average Bonchev–Trinajstić information content (AvgIpc) is 1.59. The van der Waals surface area contributed by atoms with Crippen LogP contribution in [0.25, 0.3) is 0 Å². The molecule has 0 radical (unpaired) electrons. The van der Waals surface area contributed by atoms with Gasteiger partial charge in [-0.3, -0.25) is 0 Å². The molecule has 0 saturated carbocycles. The molecule has 0 N–H and O–H groups in total. The summed E-state index contributed by atoms with van der Waals surface area (Å²) in [6.45, 7) is 2.19. The molecule has 0 aliphatic carbocycles. The van der Waals surface area contributed by atoms with Gasteiger partial charge in [-0.1, -0.05) is 6.92 Å². The quantitative estimate of drug-likeness (QED) is 0.612. The molecule has 0 heterocycles. The molecule has 0 bridgehead atoms. The van der Waals surface area contributed by atoms with E-state index in [0.29, 0.717) is 6.61 Å². The van der Waals surface area contributed by atoms with E-state index in [9.17, 15) is 8.42 Å². The molecule has 62 valence electrons. The summed E-state index contributed by atoms with van der Waals surface area (Å²) in [4.78, 5) is 0. The first-order valence-electron chi connectivity index (χ1n) is 2.87. The molecule has 0 rings (SSSR count). The summed E-state index contributed by atoms with van der Waals surface area (Å²) in [6.07, 6.45) is 0. The van der Waals surface area contributed by atoms with Crippen molar-refractivity contribution in [3.63, 3.8) is 0 Å². The molecule has 0 aromatic rings. The highest BCUT2D eigenvalue weighted by Crippen LogP contribution is 2.04. The topological polar surface area (TPSA) is 43.4 Å². The first-order chi connectivity index (χ1) is 4.45. The minimum Gasteiger partial charge on any atom is -0.384 e. The van der Waals surface area contributed by atoms with E-state index in [-0.39, 0.29) is 11.7 Å². The van der Waals surface area contributed by atoms with Crippen LogP contribution < -0.4 is 0 Å². The minimum absolute atomic E-state index is 0.0254. The van der Waals surface area contributed by atoms with E-state index in [1.54, 1.807) is 6.92 Å². The van der Waals surface area contributed by atoms with E-state index in [1.165, 1.54) is 7.11 Å². The number of hydrogen-bond donors (Lipinski definition) is 0. The number of hydrogen-bond acceptors (Lipinski definition) is 3. The Morgan fingerprint density at radius 1 is 1.60 bits per heavy atom. The van der Waals surface area contributed by atoms with Crippen molar-refractivity contribution in [2.45, 2.75) is 6.92 Å². The van der Waals surface area contributed by atoms with Crippen LogP contribution in [0.4, 0.5) is 0 Å². The SMILES string of the molecule is COCC(C)CS(=O)(=O)Cl. The fraction of sp³-hybridized carbons (Fsp3) is 1.00. The highest BCUT2D eigenvalue weighted by Gasteiger charge is 2.11. The molecule has 0 aliphatic heterocycles. The Balaban J connectivity index is 3.69. The zero-order valence-corrected chi connectivity index (χ0v) is 7.57. The van der Waals surface area contributed by atoms with Gasteiger partial charge in [0.2, 0.25) is 9.05 Å². The van der Waals surface area contributed by atoms with Gasteiger partial charge in [0.1, 0.15) is 0 Å². The summed E-state index contributed by atoms with van der Waals surface area (Å²) in [5, 5.41) is 0. The van der Waals surface area contributed by atoms with Gasteiger partial charge in [0.05, 0.1) is 5.75 Å². The van der Waals surface area contributed by atoms with E-state index in [1.807, 2.05) is 0 Å². The van der Waals surface area contributed by atoms with Gasteiger partial charge in [-0.2, -0.15) is 0 Å². The molecular weight excluding hydrogens is 176 g/mol. The lowest BCUT2D eigenvalue weighted by molar-refractivity contribution is 0.168. The van der Waals surface area contributed by atoms with Crippen molar-refractivity contribution in [1.29, 1.82) is 0 Å². The second-order valence-electron chi connectivity index (χ2n) is 2.27. The second kappa shape index (κ2) is 4.16. The molecule has 0 aromatic heterocycles. The van der Waals surface area contributed by atoms with Crippen molar-refractivity contribution in [2.75, 3.05) is 19.5 Å². The molecule has 0 fully saturated rings. The number of rotatable bonds is 4. The van der Waals surface area contributed by atoms with Crippen molar-refractivity contribution in [1.82, 2.24) is 0 Å². The van der Waals surface area contributed by atoms with Crippen LogP contribution >= 0.6 is 10.7 Å². The lowest BCUT2D eigenvalue weighted by Crippen LogP contribution is -2.13. The number of halogens is 1. The summed E-state index contributed by atoms with van der Waals surface area (Å²) in [6, 6.07) is 0. The van der Waals surface area contributed by atoms with Crippen LogP contribution in [0, 0.1) is 5.92 Å². The standard InChI is InChI=1S/C5H11ClO3S/c1-5(3-9-2)4-10(6,7)8/h5H,3-4H2,1-2H3. The van der Waals surface area contributed by atoms with E-state index in [0.717, 1.165) is 0 Å². The van der Waals surface area contributed by atoms with E-state index >= 15 is 0 Å². The fourth-order valence-electron chi connectivity index (χ4n) is 0.672. The molecule has 0 amide bonds. The summed E-state index contributed by atoms with van der Waals surface area (Å²) in [5.74, 6) is -0.0601. The van der Waals surface area contributed by atoms with Crippen molar-refractivity contribution in [3.05, 3.63) is 0 Å². The zero-order valence-electron chi connectivity index (χ0n) is 6.00. The van der Waals surface area contributed by atoms with Gasteiger partial charge in [-0.05, 0) is 5.92 Å². The molecule has 0 aromatic carbocycles. The van der Waals surface area contributed by atoms with Crippen molar-refractivity contribution >= 4 is 19.7 Å². The first kappa shape index (κ1) is 10.2. The van der Waals surface area contributed by atoms with Crippen LogP contribution in [0.1, 0.15) is 6.92 Å². The monoisotopic (exact) mass is 186 g/mol. The second-order valence-corrected chi connectivity index (χ2v) is 5.09.